The van der Waals surface area contributed by atoms with Crippen LogP contribution in [0, 0.1) is 0 Å². The number of benzene rings is 18. The molecule has 0 aliphatic rings. The highest BCUT2D eigenvalue weighted by atomic mass is 15.2. The van der Waals surface area contributed by atoms with Gasteiger partial charge in [0.25, 0.3) is 0 Å². The number of hydrogen-bond acceptors (Lipinski definition) is 6. The van der Waals surface area contributed by atoms with E-state index in [1.807, 2.05) is 30.6 Å². The number of pyridine rings is 2. The minimum Gasteiger partial charge on any atom is -0.309 e. The number of fused-ring (bicyclic) bond motifs is 36. The van der Waals surface area contributed by atoms with E-state index in [1.54, 1.807) is 6.20 Å². The molecule has 13 nitrogen and oxygen atoms in total. The molecule has 0 N–H and O–H groups in total. The molecule has 14 aromatic heterocycles. The van der Waals surface area contributed by atoms with Gasteiger partial charge in [0.2, 0.25) is 5.95 Å². The average Bonchev–Trinajstić information content (AvgIpc) is 1.52. The topological polar surface area (TPSA) is 110 Å². The van der Waals surface area contributed by atoms with Crippen molar-refractivity contribution in [3.8, 4) is 45.7 Å². The maximum atomic E-state index is 5.23. The van der Waals surface area contributed by atoms with Gasteiger partial charge in [0.1, 0.15) is 5.65 Å². The first-order chi connectivity index (χ1) is 66.0. The molecule has 0 aliphatic heterocycles. The summed E-state index contributed by atoms with van der Waals surface area (Å²) >= 11 is 0. The van der Waals surface area contributed by atoms with Gasteiger partial charge in [-0.25, -0.2) is 24.9 Å². The van der Waals surface area contributed by atoms with E-state index >= 15 is 0 Å². The van der Waals surface area contributed by atoms with Gasteiger partial charge < -0.3 is 22.3 Å². The summed E-state index contributed by atoms with van der Waals surface area (Å²) in [6.07, 6.45) is 5.69. The molecule has 0 amide bonds. The van der Waals surface area contributed by atoms with Crippen LogP contribution in [0.25, 0.3) is 280 Å². The molecule has 0 unspecified atom stereocenters. The second-order valence-electron chi connectivity index (χ2n) is 35.2. The summed E-state index contributed by atoms with van der Waals surface area (Å²) in [5.74, 6) is 1.35. The Morgan fingerprint density at radius 2 is 0.579 bits per heavy atom. The summed E-state index contributed by atoms with van der Waals surface area (Å²) in [5, 5.41) is 29.6. The highest BCUT2D eigenvalue weighted by Crippen LogP contribution is 2.52. The molecular formula is C120H69N13. The van der Waals surface area contributed by atoms with Crippen LogP contribution in [0.4, 0.5) is 0 Å². The molecule has 0 atom stereocenters. The molecule has 13 heteroatoms. The van der Waals surface area contributed by atoms with Crippen molar-refractivity contribution in [2.45, 2.75) is 0 Å². The van der Waals surface area contributed by atoms with Gasteiger partial charge in [0, 0.05) is 153 Å². The normalized spacial score (nSPS) is 12.4. The standard InChI is InChI=1S/C48H28N4.C41H24N4.C31H17N5/c1-2-12-31-27-32(22-21-29(31)11-1)46-35-14-3-7-17-39(35)49-48(50-46)30-23-25-33(26-24-30)51-41-19-9-5-15-36(41)44-43(51)28-38-34-13-4-8-18-40(34)52-42-20-10-6-16-37(42)45(44)47(38)52;1-2-12-25(13-3-1)44-33-18-8-5-15-28(33)32-22-26(24-42-41(32)44)43-35-20-10-6-16-29(35)38-37(43)23-31-27-14-4-9-19-34(27)45-36-21-11-7-17-30(36)39(38)40(31)45;1-4-12-23-19(9-1)22-16-26-27(28-21-11-3-5-13-24(21)35(23)29(22)28)20-10-2-6-14-25(20)36(26)31-33-17-18-8-7-15-32-30(18)34-31/h1-28H;1-24H;1-17H. The van der Waals surface area contributed by atoms with Crippen LogP contribution in [0.5, 0.6) is 0 Å². The molecule has 32 rings (SSSR count). The third-order valence-electron chi connectivity index (χ3n) is 28.3. The fourth-order valence-corrected chi connectivity index (χ4v) is 22.9. The number of rotatable bonds is 6. The third kappa shape index (κ3) is 9.97. The van der Waals surface area contributed by atoms with Crippen molar-refractivity contribution in [1.82, 2.24) is 61.4 Å². The van der Waals surface area contributed by atoms with Crippen LogP contribution in [-0.4, -0.2) is 61.4 Å². The molecule has 0 bridgehead atoms. The van der Waals surface area contributed by atoms with Gasteiger partial charge in [-0.2, -0.15) is 4.98 Å². The summed E-state index contributed by atoms with van der Waals surface area (Å²) < 4.78 is 16.7. The smallest absolute Gasteiger partial charge is 0.236 e. The Morgan fingerprint density at radius 3 is 1.10 bits per heavy atom. The van der Waals surface area contributed by atoms with Crippen molar-refractivity contribution < 1.29 is 0 Å². The van der Waals surface area contributed by atoms with Gasteiger partial charge in [0.15, 0.2) is 11.5 Å². The van der Waals surface area contributed by atoms with Gasteiger partial charge in [-0.1, -0.05) is 255 Å². The highest BCUT2D eigenvalue weighted by Gasteiger charge is 2.30. The van der Waals surface area contributed by atoms with Crippen molar-refractivity contribution in [1.29, 1.82) is 0 Å². The zero-order valence-corrected chi connectivity index (χ0v) is 71.2. The predicted octanol–water partition coefficient (Wildman–Crippen LogP) is 30.1. The molecule has 0 saturated heterocycles. The summed E-state index contributed by atoms with van der Waals surface area (Å²) in [5.41, 5.74) is 28.3. The molecule has 14 heterocycles. The minimum absolute atomic E-state index is 0.633. The molecule has 32 aromatic rings. The summed E-state index contributed by atoms with van der Waals surface area (Å²) in [7, 11) is 0. The van der Waals surface area contributed by atoms with Gasteiger partial charge in [-0.05, 0) is 156 Å². The Kier molecular flexibility index (Phi) is 14.7. The van der Waals surface area contributed by atoms with Crippen molar-refractivity contribution >= 4 is 234 Å². The van der Waals surface area contributed by atoms with Gasteiger partial charge in [-0.15, -0.1) is 0 Å². The first-order valence-electron chi connectivity index (χ1n) is 45.2. The highest BCUT2D eigenvalue weighted by molar-refractivity contribution is 6.39. The molecular weight excluding hydrogens is 1620 g/mol. The fourth-order valence-electron chi connectivity index (χ4n) is 22.9. The molecule has 0 radical (unpaired) electrons. The Labute approximate surface area is 755 Å². The predicted molar refractivity (Wildman–Crippen MR) is 551 cm³/mol. The number of aromatic nitrogens is 13. The van der Waals surface area contributed by atoms with Gasteiger partial charge in [-0.3, -0.25) is 9.13 Å². The van der Waals surface area contributed by atoms with Crippen LogP contribution in [0.3, 0.4) is 0 Å². The maximum Gasteiger partial charge on any atom is 0.236 e. The molecule has 0 aliphatic carbocycles. The molecule has 18 aromatic carbocycles. The van der Waals surface area contributed by atoms with E-state index in [-0.39, 0.29) is 0 Å². The van der Waals surface area contributed by atoms with Crippen molar-refractivity contribution in [3.05, 3.63) is 419 Å². The fraction of sp³-hybridized carbons (Fsp3) is 0. The van der Waals surface area contributed by atoms with Crippen molar-refractivity contribution in [3.63, 3.8) is 0 Å². The summed E-state index contributed by atoms with van der Waals surface area (Å²) in [6.45, 7) is 0. The molecule has 614 valence electrons. The van der Waals surface area contributed by atoms with E-state index in [0.29, 0.717) is 11.6 Å². The Morgan fingerprint density at radius 1 is 0.195 bits per heavy atom. The lowest BCUT2D eigenvalue weighted by molar-refractivity contribution is 1.00. The van der Waals surface area contributed by atoms with Crippen LogP contribution < -0.4 is 0 Å². The zero-order chi connectivity index (χ0) is 86.5. The number of nitrogens with zero attached hydrogens (tertiary/aromatic N) is 13. The van der Waals surface area contributed by atoms with E-state index in [1.165, 1.54) is 185 Å². The van der Waals surface area contributed by atoms with Crippen LogP contribution in [0.15, 0.2) is 419 Å². The lowest BCUT2D eigenvalue weighted by atomic mass is 10.0. The Bertz CT molecular complexity index is 10600. The van der Waals surface area contributed by atoms with Gasteiger partial charge in [0.05, 0.1) is 111 Å². The van der Waals surface area contributed by atoms with Crippen LogP contribution >= 0.6 is 0 Å². The molecule has 0 fully saturated rings. The lowest BCUT2D eigenvalue weighted by Gasteiger charge is -2.12. The SMILES string of the molecule is c1ccc(-n2c3ccccc3c3cc(-n4c5ccccc5c5c6c7ccccc7n7c8ccccc8c(cc54)c67)cnc32)cc1.c1ccc2cc(-c3nc(-c4ccc(-n5c6ccccc6c6c7c8ccccc8n8c9ccccc9c(cc65)c78)cc4)nc4ccccc34)ccc2c1.c1cnc2nc(-n3c4ccccc4c4c5c6ccccc6n6c7ccccc7c(cc43)c56)ncc2c1. The van der Waals surface area contributed by atoms with Crippen LogP contribution in [0.1, 0.15) is 0 Å². The molecule has 0 saturated carbocycles. The third-order valence-corrected chi connectivity index (χ3v) is 28.3. The van der Waals surface area contributed by atoms with E-state index in [9.17, 15) is 0 Å². The second-order valence-corrected chi connectivity index (χ2v) is 35.2. The first kappa shape index (κ1) is 71.9. The van der Waals surface area contributed by atoms with E-state index in [0.717, 1.165) is 83.6 Å². The summed E-state index contributed by atoms with van der Waals surface area (Å²) in [6, 6.07) is 144. The van der Waals surface area contributed by atoms with E-state index in [4.69, 9.17) is 24.9 Å². The maximum absolute atomic E-state index is 5.23. The number of para-hydroxylation sites is 12. The first-order valence-corrected chi connectivity index (χ1v) is 45.2. The van der Waals surface area contributed by atoms with Crippen molar-refractivity contribution in [2.75, 3.05) is 0 Å². The van der Waals surface area contributed by atoms with Crippen molar-refractivity contribution in [2.24, 2.45) is 0 Å². The van der Waals surface area contributed by atoms with E-state index in [2.05, 4.69) is 419 Å². The Balaban J connectivity index is 0.0000000970. The van der Waals surface area contributed by atoms with E-state index < -0.39 is 0 Å². The Hall–Kier alpha value is -18.2. The van der Waals surface area contributed by atoms with Gasteiger partial charge >= 0.3 is 0 Å². The average molecular weight is 1690 g/mol. The lowest BCUT2D eigenvalue weighted by Crippen LogP contribution is -2.01. The number of hydrogen-bond donors (Lipinski definition) is 0. The summed E-state index contributed by atoms with van der Waals surface area (Å²) in [4.78, 5) is 29.7. The zero-order valence-electron chi connectivity index (χ0n) is 71.2. The monoisotopic (exact) mass is 1690 g/mol. The minimum atomic E-state index is 0.633. The molecule has 0 spiro atoms. The molecule has 133 heavy (non-hydrogen) atoms. The quantitative estimate of drug-likeness (QED) is 0.164. The van der Waals surface area contributed by atoms with Crippen LogP contribution in [-0.2, 0) is 0 Å². The largest absolute Gasteiger partial charge is 0.309 e. The second kappa shape index (κ2) is 27.2. The van der Waals surface area contributed by atoms with Crippen LogP contribution in [0.2, 0.25) is 0 Å².